The van der Waals surface area contributed by atoms with E-state index in [2.05, 4.69) is 25.9 Å². The third-order valence-electron chi connectivity index (χ3n) is 7.95. The van der Waals surface area contributed by atoms with Crippen LogP contribution in [0.2, 0.25) is 0 Å². The van der Waals surface area contributed by atoms with Gasteiger partial charge in [0.25, 0.3) is 0 Å². The molecule has 12 heteroatoms. The predicted molar refractivity (Wildman–Crippen MR) is 159 cm³/mol. The molecule has 44 heavy (non-hydrogen) atoms. The molecule has 10 nitrogen and oxygen atoms in total. The molecule has 4 aromatic rings. The van der Waals surface area contributed by atoms with E-state index in [9.17, 15) is 14.0 Å². The Kier molecular flexibility index (Phi) is 8.25. The van der Waals surface area contributed by atoms with Gasteiger partial charge in [0.05, 0.1) is 30.3 Å². The number of carbonyl (C=O) groups excluding carboxylic acids is 2. The Labute approximate surface area is 252 Å². The molecule has 1 aliphatic carbocycles. The summed E-state index contributed by atoms with van der Waals surface area (Å²) in [5.41, 5.74) is -0.475. The highest BCUT2D eigenvalue weighted by molar-refractivity contribution is 6.17. The van der Waals surface area contributed by atoms with Crippen molar-refractivity contribution in [3.63, 3.8) is 0 Å². The van der Waals surface area contributed by atoms with Crippen LogP contribution in [-0.4, -0.2) is 48.6 Å². The summed E-state index contributed by atoms with van der Waals surface area (Å²) >= 11 is 0. The number of piperidine rings is 1. The van der Waals surface area contributed by atoms with Crippen molar-refractivity contribution in [1.29, 1.82) is 0 Å². The number of amides is 2. The third-order valence-corrected chi connectivity index (χ3v) is 7.95. The van der Waals surface area contributed by atoms with Crippen LogP contribution < -0.4 is 30.2 Å². The summed E-state index contributed by atoms with van der Waals surface area (Å²) in [6, 6.07) is 12.7. The molecule has 1 aromatic heterocycles. The lowest BCUT2D eigenvalue weighted by Crippen LogP contribution is -2.35. The third kappa shape index (κ3) is 6.11. The Bertz CT molecular complexity index is 1690. The topological polar surface area (TPSA) is 124 Å². The van der Waals surface area contributed by atoms with Crippen LogP contribution >= 0.6 is 0 Å². The van der Waals surface area contributed by atoms with Crippen molar-refractivity contribution < 1.29 is 32.6 Å². The minimum absolute atomic E-state index is 0.0245. The maximum atomic E-state index is 15.2. The molecule has 6 rings (SSSR count). The van der Waals surface area contributed by atoms with Crippen LogP contribution in [0.5, 0.6) is 23.1 Å². The number of aromatic nitrogens is 2. The molecular formula is C32H31F2N5O5. The standard InChI is InChI=1S/C32H31F2N5O5/c1-42-26-15-22-25(16-27(26)43-17-19-9-13-35-14-10-19)36-18-37-29(22)44-28-23(34)3-2-4-24(28)39-31(41)32(11-12-32)30(40)38-21-7-5-20(33)6-8-21/h2-8,15-16,18-19,35H,9-14,17H2,1H3,(H,38,40)(H,39,41). The van der Waals surface area contributed by atoms with E-state index >= 15 is 4.39 Å². The fourth-order valence-corrected chi connectivity index (χ4v) is 5.17. The van der Waals surface area contributed by atoms with E-state index in [1.807, 2.05) is 0 Å². The first-order valence-electron chi connectivity index (χ1n) is 14.4. The highest BCUT2D eigenvalue weighted by atomic mass is 19.1. The smallest absolute Gasteiger partial charge is 0.240 e. The lowest BCUT2D eigenvalue weighted by atomic mass is 9.99. The van der Waals surface area contributed by atoms with Crippen molar-refractivity contribution in [2.45, 2.75) is 25.7 Å². The maximum absolute atomic E-state index is 15.2. The minimum atomic E-state index is -1.35. The van der Waals surface area contributed by atoms with Gasteiger partial charge in [0.2, 0.25) is 17.7 Å². The van der Waals surface area contributed by atoms with E-state index in [-0.39, 0.29) is 17.3 Å². The van der Waals surface area contributed by atoms with Crippen molar-refractivity contribution in [2.24, 2.45) is 11.3 Å². The number of rotatable bonds is 10. The Morgan fingerprint density at radius 1 is 0.977 bits per heavy atom. The SMILES string of the molecule is COc1cc2c(Oc3c(F)cccc3NC(=O)C3(C(=O)Nc4ccc(F)cc4)CC3)ncnc2cc1OCC1CCNCC1. The van der Waals surface area contributed by atoms with Gasteiger partial charge < -0.3 is 30.2 Å². The zero-order valence-corrected chi connectivity index (χ0v) is 24.0. The monoisotopic (exact) mass is 603 g/mol. The van der Waals surface area contributed by atoms with Gasteiger partial charge in [-0.3, -0.25) is 9.59 Å². The fraction of sp³-hybridized carbons (Fsp3) is 0.312. The molecule has 2 fully saturated rings. The number of hydrogen-bond acceptors (Lipinski definition) is 8. The van der Waals surface area contributed by atoms with Gasteiger partial charge in [-0.05, 0) is 87.2 Å². The van der Waals surface area contributed by atoms with Crippen molar-refractivity contribution in [1.82, 2.24) is 15.3 Å². The average molecular weight is 604 g/mol. The molecule has 3 aromatic carbocycles. The summed E-state index contributed by atoms with van der Waals surface area (Å²) in [6.07, 6.45) is 3.94. The largest absolute Gasteiger partial charge is 0.493 e. The maximum Gasteiger partial charge on any atom is 0.240 e. The summed E-state index contributed by atoms with van der Waals surface area (Å²) < 4.78 is 46.1. The van der Waals surface area contributed by atoms with Gasteiger partial charge in [-0.1, -0.05) is 6.07 Å². The van der Waals surface area contributed by atoms with Crippen LogP contribution in [0.25, 0.3) is 10.9 Å². The zero-order valence-electron chi connectivity index (χ0n) is 24.0. The first-order chi connectivity index (χ1) is 21.4. The molecule has 2 heterocycles. The molecule has 0 radical (unpaired) electrons. The number of halogens is 2. The van der Waals surface area contributed by atoms with E-state index in [4.69, 9.17) is 14.2 Å². The number of anilines is 2. The molecule has 228 valence electrons. The molecule has 0 unspecified atom stereocenters. The van der Waals surface area contributed by atoms with Gasteiger partial charge in [-0.25, -0.2) is 18.7 Å². The van der Waals surface area contributed by atoms with Crippen molar-refractivity contribution in [3.05, 3.63) is 72.6 Å². The van der Waals surface area contributed by atoms with E-state index in [0.717, 1.165) is 25.9 Å². The number of methoxy groups -OCH3 is 1. The molecule has 1 saturated carbocycles. The van der Waals surface area contributed by atoms with Crippen molar-refractivity contribution >= 4 is 34.1 Å². The number of benzene rings is 3. The second-order valence-corrected chi connectivity index (χ2v) is 10.9. The molecule has 0 bridgehead atoms. The number of hydrogen-bond donors (Lipinski definition) is 3. The number of ether oxygens (including phenoxy) is 3. The van der Waals surface area contributed by atoms with Crippen LogP contribution in [0.1, 0.15) is 25.7 Å². The average Bonchev–Trinajstić information content (AvgIpc) is 3.85. The summed E-state index contributed by atoms with van der Waals surface area (Å²) in [5.74, 6) is -1.19. The second kappa shape index (κ2) is 12.4. The summed E-state index contributed by atoms with van der Waals surface area (Å²) in [4.78, 5) is 34.9. The summed E-state index contributed by atoms with van der Waals surface area (Å²) in [7, 11) is 1.52. The molecule has 0 atom stereocenters. The van der Waals surface area contributed by atoms with E-state index in [0.29, 0.717) is 53.5 Å². The number of nitrogens with zero attached hydrogens (tertiary/aromatic N) is 2. The van der Waals surface area contributed by atoms with E-state index in [1.165, 1.54) is 55.9 Å². The summed E-state index contributed by atoms with van der Waals surface area (Å²) in [6.45, 7) is 2.46. The normalized spacial score (nSPS) is 15.8. The van der Waals surface area contributed by atoms with E-state index in [1.54, 1.807) is 12.1 Å². The van der Waals surface area contributed by atoms with E-state index < -0.39 is 28.9 Å². The van der Waals surface area contributed by atoms with Crippen LogP contribution in [0.15, 0.2) is 60.9 Å². The molecule has 2 aliphatic rings. The Morgan fingerprint density at radius 3 is 2.45 bits per heavy atom. The Morgan fingerprint density at radius 2 is 1.73 bits per heavy atom. The van der Waals surface area contributed by atoms with Gasteiger partial charge in [0.1, 0.15) is 17.6 Å². The van der Waals surface area contributed by atoms with Gasteiger partial charge in [-0.2, -0.15) is 0 Å². The van der Waals surface area contributed by atoms with Crippen molar-refractivity contribution in [3.8, 4) is 23.1 Å². The molecule has 1 aliphatic heterocycles. The van der Waals surface area contributed by atoms with Crippen LogP contribution in [0.3, 0.4) is 0 Å². The number of carbonyl (C=O) groups is 2. The lowest BCUT2D eigenvalue weighted by Gasteiger charge is -2.23. The molecule has 0 spiro atoms. The second-order valence-electron chi connectivity index (χ2n) is 10.9. The van der Waals surface area contributed by atoms with Gasteiger partial charge in [0, 0.05) is 11.8 Å². The molecular weight excluding hydrogens is 572 g/mol. The van der Waals surface area contributed by atoms with Gasteiger partial charge in [0.15, 0.2) is 23.1 Å². The van der Waals surface area contributed by atoms with Crippen LogP contribution in [-0.2, 0) is 9.59 Å². The Balaban J connectivity index is 1.22. The lowest BCUT2D eigenvalue weighted by molar-refractivity contribution is -0.131. The number of fused-ring (bicyclic) bond motifs is 1. The molecule has 2 amide bonds. The van der Waals surface area contributed by atoms with Gasteiger partial charge in [-0.15, -0.1) is 0 Å². The first-order valence-corrected chi connectivity index (χ1v) is 14.4. The summed E-state index contributed by atoms with van der Waals surface area (Å²) in [5, 5.41) is 9.10. The van der Waals surface area contributed by atoms with Crippen LogP contribution in [0, 0.1) is 23.0 Å². The fourth-order valence-electron chi connectivity index (χ4n) is 5.17. The predicted octanol–water partition coefficient (Wildman–Crippen LogP) is 5.44. The Hall–Kier alpha value is -4.84. The highest BCUT2D eigenvalue weighted by Crippen LogP contribution is 2.48. The minimum Gasteiger partial charge on any atom is -0.493 e. The molecule has 3 N–H and O–H groups in total. The highest BCUT2D eigenvalue weighted by Gasteiger charge is 2.56. The number of nitrogens with one attached hydrogen (secondary N) is 3. The number of para-hydroxylation sites is 1. The van der Waals surface area contributed by atoms with Crippen molar-refractivity contribution in [2.75, 3.05) is 37.4 Å². The van der Waals surface area contributed by atoms with Crippen LogP contribution in [0.4, 0.5) is 20.2 Å². The van der Waals surface area contributed by atoms with Gasteiger partial charge >= 0.3 is 0 Å². The quantitative estimate of drug-likeness (QED) is 0.205. The molecule has 1 saturated heterocycles. The zero-order chi connectivity index (χ0) is 30.7. The first kappa shape index (κ1) is 29.2.